The van der Waals surface area contributed by atoms with Crippen LogP contribution in [0.5, 0.6) is 0 Å². The van der Waals surface area contributed by atoms with Crippen LogP contribution in [0.3, 0.4) is 0 Å². The van der Waals surface area contributed by atoms with Gasteiger partial charge in [0.25, 0.3) is 0 Å². The molecule has 6 heteroatoms. The summed E-state index contributed by atoms with van der Waals surface area (Å²) in [6.07, 6.45) is 6.09. The minimum absolute atomic E-state index is 0.0537. The van der Waals surface area contributed by atoms with E-state index in [-0.39, 0.29) is 11.8 Å². The van der Waals surface area contributed by atoms with Crippen LogP contribution in [0.25, 0.3) is 0 Å². The van der Waals surface area contributed by atoms with Gasteiger partial charge in [-0.1, -0.05) is 17.8 Å². The third-order valence-electron chi connectivity index (χ3n) is 4.20. The number of nitrogens with zero attached hydrogens (tertiary/aromatic N) is 1. The van der Waals surface area contributed by atoms with Gasteiger partial charge in [0.1, 0.15) is 4.88 Å². The number of rotatable bonds is 3. The highest BCUT2D eigenvalue weighted by molar-refractivity contribution is 7.17. The van der Waals surface area contributed by atoms with Gasteiger partial charge in [0.05, 0.1) is 13.3 Å². The molecule has 2 fully saturated rings. The number of thiazole rings is 1. The van der Waals surface area contributed by atoms with Gasteiger partial charge in [0.2, 0.25) is 5.91 Å². The van der Waals surface area contributed by atoms with E-state index in [4.69, 9.17) is 0 Å². The van der Waals surface area contributed by atoms with Crippen molar-refractivity contribution in [1.29, 1.82) is 0 Å². The Morgan fingerprint density at radius 3 is 2.89 bits per heavy atom. The lowest BCUT2D eigenvalue weighted by Gasteiger charge is -2.19. The van der Waals surface area contributed by atoms with Gasteiger partial charge in [0.15, 0.2) is 5.13 Å². The monoisotopic (exact) mass is 280 g/mol. The molecule has 1 aromatic rings. The SMILES string of the molecule is COC(=O)c1cnc(NC(=O)C2CC3CCC2C3)s1. The number of ether oxygens (including phenoxy) is 1. The number of hydrogen-bond donors (Lipinski definition) is 1. The average molecular weight is 280 g/mol. The molecule has 2 bridgehead atoms. The molecule has 3 unspecified atom stereocenters. The molecule has 1 heterocycles. The predicted octanol–water partition coefficient (Wildman–Crippen LogP) is 2.30. The molecule has 0 aliphatic heterocycles. The van der Waals surface area contributed by atoms with E-state index in [0.29, 0.717) is 15.9 Å². The van der Waals surface area contributed by atoms with Gasteiger partial charge in [0, 0.05) is 5.92 Å². The molecule has 3 atom stereocenters. The zero-order chi connectivity index (χ0) is 13.4. The Labute approximate surface area is 115 Å². The zero-order valence-electron chi connectivity index (χ0n) is 10.7. The van der Waals surface area contributed by atoms with Crippen LogP contribution in [0.1, 0.15) is 35.4 Å². The number of carbonyl (C=O) groups is 2. The summed E-state index contributed by atoms with van der Waals surface area (Å²) in [5, 5.41) is 3.31. The maximum atomic E-state index is 12.2. The molecule has 102 valence electrons. The van der Waals surface area contributed by atoms with E-state index in [9.17, 15) is 9.59 Å². The number of fused-ring (bicyclic) bond motifs is 2. The molecule has 2 saturated carbocycles. The van der Waals surface area contributed by atoms with Crippen molar-refractivity contribution in [3.05, 3.63) is 11.1 Å². The van der Waals surface area contributed by atoms with Crippen LogP contribution < -0.4 is 5.32 Å². The fourth-order valence-corrected chi connectivity index (χ4v) is 4.03. The Hall–Kier alpha value is -1.43. The highest BCUT2D eigenvalue weighted by Gasteiger charge is 2.43. The molecule has 1 aromatic heterocycles. The third-order valence-corrected chi connectivity index (χ3v) is 5.09. The second-order valence-corrected chi connectivity index (χ2v) is 6.32. The first-order valence-corrected chi connectivity index (χ1v) is 7.34. The molecule has 19 heavy (non-hydrogen) atoms. The van der Waals surface area contributed by atoms with E-state index in [0.717, 1.165) is 23.7 Å². The number of carbonyl (C=O) groups excluding carboxylic acids is 2. The summed E-state index contributed by atoms with van der Waals surface area (Å²) >= 11 is 1.16. The van der Waals surface area contributed by atoms with Crippen LogP contribution in [0.2, 0.25) is 0 Å². The smallest absolute Gasteiger partial charge is 0.349 e. The molecule has 5 nitrogen and oxygen atoms in total. The Balaban J connectivity index is 1.63. The summed E-state index contributed by atoms with van der Waals surface area (Å²) in [6, 6.07) is 0. The molecule has 0 aromatic carbocycles. The molecule has 3 rings (SSSR count). The highest BCUT2D eigenvalue weighted by Crippen LogP contribution is 2.48. The first-order valence-electron chi connectivity index (χ1n) is 6.52. The zero-order valence-corrected chi connectivity index (χ0v) is 11.5. The van der Waals surface area contributed by atoms with E-state index in [1.54, 1.807) is 0 Å². The number of methoxy groups -OCH3 is 1. The highest BCUT2D eigenvalue weighted by atomic mass is 32.1. The number of aromatic nitrogens is 1. The average Bonchev–Trinajstić information content (AvgIpc) is 3.13. The van der Waals surface area contributed by atoms with Crippen molar-refractivity contribution < 1.29 is 14.3 Å². The van der Waals surface area contributed by atoms with E-state index >= 15 is 0 Å². The fourth-order valence-electron chi connectivity index (χ4n) is 3.29. The predicted molar refractivity (Wildman–Crippen MR) is 71.0 cm³/mol. The Morgan fingerprint density at radius 2 is 2.26 bits per heavy atom. The summed E-state index contributed by atoms with van der Waals surface area (Å²) in [5.74, 6) is 1.05. The van der Waals surface area contributed by atoms with Crippen LogP contribution in [0.15, 0.2) is 6.20 Å². The van der Waals surface area contributed by atoms with Gasteiger partial charge in [-0.15, -0.1) is 0 Å². The van der Waals surface area contributed by atoms with E-state index < -0.39 is 5.97 Å². The van der Waals surface area contributed by atoms with E-state index in [2.05, 4.69) is 15.0 Å². The van der Waals surface area contributed by atoms with Crippen molar-refractivity contribution in [3.8, 4) is 0 Å². The lowest BCUT2D eigenvalue weighted by atomic mass is 9.88. The quantitative estimate of drug-likeness (QED) is 0.863. The maximum Gasteiger partial charge on any atom is 0.349 e. The van der Waals surface area contributed by atoms with Crippen molar-refractivity contribution in [2.45, 2.75) is 25.7 Å². The van der Waals surface area contributed by atoms with Crippen molar-refractivity contribution in [2.75, 3.05) is 12.4 Å². The van der Waals surface area contributed by atoms with Crippen LogP contribution in [0.4, 0.5) is 5.13 Å². The molecular weight excluding hydrogens is 264 g/mol. The van der Waals surface area contributed by atoms with Crippen LogP contribution in [0, 0.1) is 17.8 Å². The summed E-state index contributed by atoms with van der Waals surface area (Å²) in [7, 11) is 1.33. The van der Waals surface area contributed by atoms with Crippen LogP contribution >= 0.6 is 11.3 Å². The summed E-state index contributed by atoms with van der Waals surface area (Å²) in [4.78, 5) is 28.0. The Morgan fingerprint density at radius 1 is 1.42 bits per heavy atom. The minimum Gasteiger partial charge on any atom is -0.465 e. The number of nitrogens with one attached hydrogen (secondary N) is 1. The number of amides is 1. The van der Waals surface area contributed by atoms with Crippen molar-refractivity contribution in [2.24, 2.45) is 17.8 Å². The molecule has 0 radical (unpaired) electrons. The molecule has 1 N–H and O–H groups in total. The van der Waals surface area contributed by atoms with Gasteiger partial charge in [-0.25, -0.2) is 9.78 Å². The topological polar surface area (TPSA) is 68.3 Å². The normalized spacial score (nSPS) is 28.4. The molecule has 0 saturated heterocycles. The lowest BCUT2D eigenvalue weighted by molar-refractivity contribution is -0.121. The number of esters is 1. The van der Waals surface area contributed by atoms with Crippen LogP contribution in [-0.4, -0.2) is 24.0 Å². The van der Waals surface area contributed by atoms with E-state index in [1.807, 2.05) is 0 Å². The number of hydrogen-bond acceptors (Lipinski definition) is 5. The molecule has 0 spiro atoms. The molecule has 2 aliphatic carbocycles. The Bertz CT molecular complexity index is 514. The molecule has 2 aliphatic rings. The fraction of sp³-hybridized carbons (Fsp3) is 0.615. The molecule has 1 amide bonds. The standard InChI is InChI=1S/C13H16N2O3S/c1-18-12(17)10-6-14-13(19-10)15-11(16)9-5-7-2-3-8(9)4-7/h6-9H,2-5H2,1H3,(H,14,15,16). The summed E-state index contributed by atoms with van der Waals surface area (Å²) in [6.45, 7) is 0. The lowest BCUT2D eigenvalue weighted by Crippen LogP contribution is -2.27. The minimum atomic E-state index is -0.419. The van der Waals surface area contributed by atoms with Gasteiger partial charge in [-0.3, -0.25) is 4.79 Å². The van der Waals surface area contributed by atoms with Crippen molar-refractivity contribution in [3.63, 3.8) is 0 Å². The van der Waals surface area contributed by atoms with Crippen LogP contribution in [-0.2, 0) is 9.53 Å². The summed E-state index contributed by atoms with van der Waals surface area (Å²) < 4.78 is 4.61. The van der Waals surface area contributed by atoms with Gasteiger partial charge >= 0.3 is 5.97 Å². The molecular formula is C13H16N2O3S. The largest absolute Gasteiger partial charge is 0.465 e. The van der Waals surface area contributed by atoms with Crippen molar-refractivity contribution in [1.82, 2.24) is 4.98 Å². The van der Waals surface area contributed by atoms with Gasteiger partial charge in [-0.2, -0.15) is 0 Å². The number of anilines is 1. The van der Waals surface area contributed by atoms with Gasteiger partial charge < -0.3 is 10.1 Å². The first kappa shape index (κ1) is 12.6. The van der Waals surface area contributed by atoms with E-state index in [1.165, 1.54) is 32.6 Å². The third kappa shape index (κ3) is 2.36. The van der Waals surface area contributed by atoms with Gasteiger partial charge in [-0.05, 0) is 31.1 Å². The maximum absolute atomic E-state index is 12.2. The van der Waals surface area contributed by atoms with Crippen molar-refractivity contribution >= 4 is 28.3 Å². The second kappa shape index (κ2) is 4.92. The Kier molecular flexibility index (Phi) is 3.26. The second-order valence-electron chi connectivity index (χ2n) is 5.29. The first-order chi connectivity index (χ1) is 9.17. The summed E-state index contributed by atoms with van der Waals surface area (Å²) in [5.41, 5.74) is 0.